The van der Waals surface area contributed by atoms with E-state index in [-0.39, 0.29) is 11.6 Å². The van der Waals surface area contributed by atoms with Gasteiger partial charge in [0.2, 0.25) is 0 Å². The van der Waals surface area contributed by atoms with Crippen molar-refractivity contribution in [2.24, 2.45) is 23.7 Å². The minimum Gasteiger partial charge on any atom is -0.458 e. The van der Waals surface area contributed by atoms with Crippen molar-refractivity contribution in [2.45, 2.75) is 57.5 Å². The molecule has 4 fully saturated rings. The number of para-hydroxylation sites is 2. The highest BCUT2D eigenvalue weighted by Gasteiger charge is 2.66. The van der Waals surface area contributed by atoms with Crippen LogP contribution in [0.1, 0.15) is 62.0 Å². The van der Waals surface area contributed by atoms with E-state index in [0.29, 0.717) is 0 Å². The maximum atomic E-state index is 6.60. The molecule has 2 nitrogen and oxygen atoms in total. The predicted molar refractivity (Wildman–Crippen MR) is 117 cm³/mol. The molecule has 2 heteroatoms. The minimum atomic E-state index is 0.112. The third-order valence-corrected chi connectivity index (χ3v) is 8.95. The summed E-state index contributed by atoms with van der Waals surface area (Å²) in [6, 6.07) is 18.1. The third-order valence-electron chi connectivity index (χ3n) is 8.95. The molecular weight excluding hydrogens is 354 g/mol. The first-order valence-electron chi connectivity index (χ1n) is 11.5. The van der Waals surface area contributed by atoms with Crippen LogP contribution in [0.4, 0.5) is 5.69 Å². The van der Waals surface area contributed by atoms with Crippen LogP contribution in [0.25, 0.3) is 11.0 Å². The molecule has 2 heterocycles. The summed E-state index contributed by atoms with van der Waals surface area (Å²) in [5.74, 6) is 4.66. The van der Waals surface area contributed by atoms with Crippen LogP contribution in [0.5, 0.6) is 0 Å². The zero-order valence-electron chi connectivity index (χ0n) is 17.4. The van der Waals surface area contributed by atoms with Gasteiger partial charge in [0.05, 0.1) is 11.6 Å². The summed E-state index contributed by atoms with van der Waals surface area (Å²) in [4.78, 5) is 2.83. The lowest BCUT2D eigenvalue weighted by Crippen LogP contribution is -2.62. The average molecular weight is 384 g/mol. The van der Waals surface area contributed by atoms with E-state index in [1.807, 2.05) is 0 Å². The minimum absolute atomic E-state index is 0.112. The molecule has 0 radical (unpaired) electrons. The predicted octanol–water partition coefficient (Wildman–Crippen LogP) is 6.97. The van der Waals surface area contributed by atoms with Gasteiger partial charge in [-0.05, 0) is 87.3 Å². The van der Waals surface area contributed by atoms with Crippen LogP contribution in [-0.4, -0.2) is 0 Å². The summed E-state index contributed by atoms with van der Waals surface area (Å²) in [5.41, 5.74) is 5.56. The van der Waals surface area contributed by atoms with Crippen molar-refractivity contribution in [2.75, 3.05) is 4.90 Å². The molecule has 1 atom stereocenters. The van der Waals surface area contributed by atoms with Gasteiger partial charge in [-0.15, -0.1) is 0 Å². The van der Waals surface area contributed by atoms with Crippen molar-refractivity contribution < 1.29 is 4.42 Å². The standard InChI is InChI=1S/C27H29NO/c1-16-7-3-5-9-23(16)28-17(2)26-25(22-8-4-6-10-24(22)29-26)27(28)20-12-18-11-19(14-20)15-21(27)13-18/h3-10,17-21H,11-15H2,1-2H3/t17-,18?,19?,20?,21?,27?/m0/s1. The monoisotopic (exact) mass is 383 g/mol. The van der Waals surface area contributed by atoms with E-state index in [0.717, 1.165) is 29.3 Å². The van der Waals surface area contributed by atoms with Gasteiger partial charge < -0.3 is 9.32 Å². The highest BCUT2D eigenvalue weighted by molar-refractivity contribution is 5.87. The summed E-state index contributed by atoms with van der Waals surface area (Å²) in [7, 11) is 0. The zero-order chi connectivity index (χ0) is 19.3. The molecule has 4 bridgehead atoms. The number of rotatable bonds is 1. The maximum absolute atomic E-state index is 6.60. The van der Waals surface area contributed by atoms with E-state index in [1.54, 1.807) is 5.56 Å². The largest absolute Gasteiger partial charge is 0.458 e. The van der Waals surface area contributed by atoms with Crippen molar-refractivity contribution in [3.05, 3.63) is 65.4 Å². The number of hydrogen-bond donors (Lipinski definition) is 0. The fourth-order valence-electron chi connectivity index (χ4n) is 8.28. The summed E-state index contributed by atoms with van der Waals surface area (Å²) >= 11 is 0. The number of nitrogens with zero attached hydrogens (tertiary/aromatic N) is 1. The fourth-order valence-corrected chi connectivity index (χ4v) is 8.28. The topological polar surface area (TPSA) is 16.4 Å². The van der Waals surface area contributed by atoms with Crippen LogP contribution in [0.15, 0.2) is 52.9 Å². The Bertz CT molecular complexity index is 1100. The van der Waals surface area contributed by atoms with Gasteiger partial charge in [0.15, 0.2) is 0 Å². The molecule has 0 saturated heterocycles. The fraction of sp³-hybridized carbons (Fsp3) is 0.481. The quantitative estimate of drug-likeness (QED) is 0.451. The summed E-state index contributed by atoms with van der Waals surface area (Å²) in [6.07, 6.45) is 7.10. The highest BCUT2D eigenvalue weighted by Crippen LogP contribution is 2.70. The molecule has 4 aliphatic carbocycles. The molecule has 29 heavy (non-hydrogen) atoms. The zero-order valence-corrected chi connectivity index (χ0v) is 17.4. The molecule has 148 valence electrons. The molecule has 1 aliphatic heterocycles. The third kappa shape index (κ3) is 1.89. The van der Waals surface area contributed by atoms with E-state index >= 15 is 0 Å². The van der Waals surface area contributed by atoms with Crippen LogP contribution in [-0.2, 0) is 5.54 Å². The lowest BCUT2D eigenvalue weighted by Gasteiger charge is -2.64. The molecule has 5 aliphatic rings. The Morgan fingerprint density at radius 1 is 0.862 bits per heavy atom. The molecule has 1 aromatic heterocycles. The van der Waals surface area contributed by atoms with E-state index in [9.17, 15) is 0 Å². The molecular formula is C27H29NO. The Morgan fingerprint density at radius 2 is 1.52 bits per heavy atom. The van der Waals surface area contributed by atoms with E-state index < -0.39 is 0 Å². The molecule has 0 amide bonds. The van der Waals surface area contributed by atoms with Crippen LogP contribution in [0.2, 0.25) is 0 Å². The van der Waals surface area contributed by atoms with Gasteiger partial charge in [0, 0.05) is 16.6 Å². The van der Waals surface area contributed by atoms with Crippen LogP contribution in [0, 0.1) is 30.6 Å². The lowest BCUT2D eigenvalue weighted by molar-refractivity contribution is -0.0596. The van der Waals surface area contributed by atoms with Crippen LogP contribution >= 0.6 is 0 Å². The van der Waals surface area contributed by atoms with Gasteiger partial charge in [0.25, 0.3) is 0 Å². The van der Waals surface area contributed by atoms with Crippen LogP contribution < -0.4 is 4.90 Å². The van der Waals surface area contributed by atoms with Crippen molar-refractivity contribution >= 4 is 16.7 Å². The van der Waals surface area contributed by atoms with Gasteiger partial charge >= 0.3 is 0 Å². The van der Waals surface area contributed by atoms with Gasteiger partial charge in [-0.2, -0.15) is 0 Å². The second kappa shape index (κ2) is 5.47. The molecule has 3 aromatic rings. The number of aryl methyl sites for hydroxylation is 1. The summed E-state index contributed by atoms with van der Waals surface area (Å²) in [6.45, 7) is 4.66. The highest BCUT2D eigenvalue weighted by atomic mass is 16.3. The number of anilines is 1. The number of furan rings is 1. The maximum Gasteiger partial charge on any atom is 0.134 e. The normalized spacial score (nSPS) is 37.0. The van der Waals surface area contributed by atoms with Crippen molar-refractivity contribution in [3.8, 4) is 0 Å². The molecule has 0 unspecified atom stereocenters. The molecule has 8 rings (SSSR count). The first-order chi connectivity index (χ1) is 14.2. The summed E-state index contributed by atoms with van der Waals surface area (Å²) in [5, 5.41) is 1.37. The van der Waals surface area contributed by atoms with Gasteiger partial charge in [-0.1, -0.05) is 36.4 Å². The van der Waals surface area contributed by atoms with Crippen molar-refractivity contribution in [3.63, 3.8) is 0 Å². The lowest BCUT2D eigenvalue weighted by atomic mass is 9.47. The second-order valence-corrected chi connectivity index (χ2v) is 10.3. The van der Waals surface area contributed by atoms with Gasteiger partial charge in [-0.25, -0.2) is 0 Å². The molecule has 4 saturated carbocycles. The summed E-state index contributed by atoms with van der Waals surface area (Å²) < 4.78 is 6.60. The Balaban J connectivity index is 1.55. The SMILES string of the molecule is Cc1ccccc1N1[C@@H](C)c2oc3ccccc3c2C12C1CC3CC(C1)CC2C3. The Kier molecular flexibility index (Phi) is 3.13. The molecule has 1 spiro atoms. The second-order valence-electron chi connectivity index (χ2n) is 10.3. The number of hydrogen-bond acceptors (Lipinski definition) is 2. The van der Waals surface area contributed by atoms with Crippen LogP contribution in [0.3, 0.4) is 0 Å². The van der Waals surface area contributed by atoms with E-state index in [4.69, 9.17) is 4.42 Å². The number of benzene rings is 2. The van der Waals surface area contributed by atoms with Crippen molar-refractivity contribution in [1.29, 1.82) is 0 Å². The first kappa shape index (κ1) is 16.6. The van der Waals surface area contributed by atoms with Gasteiger partial charge in [0.1, 0.15) is 11.3 Å². The molecule has 0 N–H and O–H groups in total. The van der Waals surface area contributed by atoms with Gasteiger partial charge in [-0.3, -0.25) is 0 Å². The molecule has 2 aromatic carbocycles. The number of fused-ring (bicyclic) bond motifs is 3. The average Bonchev–Trinajstić information content (AvgIpc) is 3.21. The Morgan fingerprint density at radius 3 is 2.24 bits per heavy atom. The van der Waals surface area contributed by atoms with E-state index in [1.165, 1.54) is 54.5 Å². The Labute approximate surface area is 172 Å². The smallest absolute Gasteiger partial charge is 0.134 e. The van der Waals surface area contributed by atoms with E-state index in [2.05, 4.69) is 67.3 Å². The first-order valence-corrected chi connectivity index (χ1v) is 11.5. The van der Waals surface area contributed by atoms with Crippen molar-refractivity contribution in [1.82, 2.24) is 0 Å². The Hall–Kier alpha value is -2.22.